The fourth-order valence-corrected chi connectivity index (χ4v) is 3.79. The molecule has 0 saturated heterocycles. The van der Waals surface area contributed by atoms with E-state index in [1.54, 1.807) is 30.5 Å². The van der Waals surface area contributed by atoms with E-state index < -0.39 is 30.0 Å². The van der Waals surface area contributed by atoms with Crippen LogP contribution in [-0.2, 0) is 22.4 Å². The largest absolute Gasteiger partial charge is 0.481 e. The number of carbonyl (C=O) groups is 3. The Hall–Kier alpha value is -4.19. The number of aliphatic hydroxyl groups is 1. The zero-order valence-corrected chi connectivity index (χ0v) is 18.9. The Labute approximate surface area is 200 Å². The van der Waals surface area contributed by atoms with Crippen LogP contribution in [0.2, 0.25) is 0 Å². The van der Waals surface area contributed by atoms with Crippen molar-refractivity contribution < 1.29 is 29.7 Å². The van der Waals surface area contributed by atoms with Crippen LogP contribution in [-0.4, -0.2) is 60.3 Å². The molecule has 0 aliphatic heterocycles. The number of aromatic amines is 1. The van der Waals surface area contributed by atoms with Crippen molar-refractivity contribution in [1.29, 1.82) is 0 Å². The smallest absolute Gasteiger partial charge is 0.326 e. The predicted octanol–water partition coefficient (Wildman–Crippen LogP) is 1.10. The molecule has 35 heavy (non-hydrogen) atoms. The molecule has 186 valence electrons. The standard InChI is InChI=1S/C23H28N6O6/c24-19-18-14(11-26-20(18)29-23(25)28-19)10-15(30)3-1-2-12-4-6-13(7-5-12)21(33)27-16(22(34)35)8-9-17(31)32/h4-7,11,15-16,30H,1-3,8-10H2,(H,27,33)(H,31,32)(H,34,35)(H5,24,25,26,28,29)/t15?,16-/m0/s1. The lowest BCUT2D eigenvalue weighted by molar-refractivity contribution is -0.140. The van der Waals surface area contributed by atoms with Gasteiger partial charge >= 0.3 is 11.9 Å². The zero-order chi connectivity index (χ0) is 25.5. The van der Waals surface area contributed by atoms with E-state index in [9.17, 15) is 24.6 Å². The molecule has 3 rings (SSSR count). The first kappa shape index (κ1) is 25.4. The average Bonchev–Trinajstić information content (AvgIpc) is 3.19. The molecule has 3 aromatic rings. The van der Waals surface area contributed by atoms with Gasteiger partial charge in [-0.15, -0.1) is 0 Å². The summed E-state index contributed by atoms with van der Waals surface area (Å²) in [5, 5.41) is 31.4. The quantitative estimate of drug-likeness (QED) is 0.194. The van der Waals surface area contributed by atoms with Crippen LogP contribution in [0.4, 0.5) is 11.8 Å². The summed E-state index contributed by atoms with van der Waals surface area (Å²) < 4.78 is 0. The monoisotopic (exact) mass is 484 g/mol. The number of H-pyrrole nitrogens is 1. The maximum absolute atomic E-state index is 12.3. The number of carbonyl (C=O) groups excluding carboxylic acids is 1. The van der Waals surface area contributed by atoms with E-state index in [1.165, 1.54) is 0 Å². The number of amides is 1. The summed E-state index contributed by atoms with van der Waals surface area (Å²) in [6, 6.07) is 5.40. The van der Waals surface area contributed by atoms with Gasteiger partial charge in [0.2, 0.25) is 5.95 Å². The Bertz CT molecular complexity index is 1210. The maximum atomic E-state index is 12.3. The van der Waals surface area contributed by atoms with Gasteiger partial charge in [0.25, 0.3) is 5.91 Å². The fourth-order valence-electron chi connectivity index (χ4n) is 3.79. The second-order valence-corrected chi connectivity index (χ2v) is 8.25. The Morgan fingerprint density at radius 3 is 2.43 bits per heavy atom. The molecule has 0 radical (unpaired) electrons. The molecule has 1 unspecified atom stereocenters. The zero-order valence-electron chi connectivity index (χ0n) is 18.9. The van der Waals surface area contributed by atoms with Crippen molar-refractivity contribution in [1.82, 2.24) is 20.3 Å². The molecule has 9 N–H and O–H groups in total. The number of anilines is 2. The van der Waals surface area contributed by atoms with E-state index in [2.05, 4.69) is 20.3 Å². The molecular formula is C23H28N6O6. The molecule has 0 saturated carbocycles. The van der Waals surface area contributed by atoms with Crippen LogP contribution in [0.3, 0.4) is 0 Å². The van der Waals surface area contributed by atoms with Gasteiger partial charge in [-0.1, -0.05) is 12.1 Å². The molecule has 2 heterocycles. The van der Waals surface area contributed by atoms with Crippen molar-refractivity contribution in [3.63, 3.8) is 0 Å². The first-order chi connectivity index (χ1) is 16.6. The van der Waals surface area contributed by atoms with E-state index in [0.29, 0.717) is 36.7 Å². The lowest BCUT2D eigenvalue weighted by Crippen LogP contribution is -2.41. The molecule has 0 bridgehead atoms. The number of aryl methyl sites for hydroxylation is 1. The van der Waals surface area contributed by atoms with Crippen LogP contribution in [0.25, 0.3) is 11.0 Å². The second kappa shape index (κ2) is 11.3. The fraction of sp³-hybridized carbons (Fsp3) is 0.348. The van der Waals surface area contributed by atoms with E-state index in [4.69, 9.17) is 16.6 Å². The van der Waals surface area contributed by atoms with E-state index in [1.807, 2.05) is 0 Å². The number of nitrogen functional groups attached to an aromatic ring is 2. The molecule has 0 spiro atoms. The van der Waals surface area contributed by atoms with Crippen LogP contribution in [0.15, 0.2) is 30.5 Å². The Morgan fingerprint density at radius 2 is 1.77 bits per heavy atom. The highest BCUT2D eigenvalue weighted by Gasteiger charge is 2.21. The molecule has 2 atom stereocenters. The Balaban J connectivity index is 1.49. The highest BCUT2D eigenvalue weighted by atomic mass is 16.4. The van der Waals surface area contributed by atoms with Gasteiger partial charge in [0.15, 0.2) is 0 Å². The number of carboxylic acid groups (broad SMARTS) is 2. The van der Waals surface area contributed by atoms with Gasteiger partial charge < -0.3 is 37.1 Å². The molecular weight excluding hydrogens is 456 g/mol. The third-order valence-corrected chi connectivity index (χ3v) is 5.58. The van der Waals surface area contributed by atoms with Gasteiger partial charge in [-0.25, -0.2) is 4.79 Å². The topological polar surface area (TPSA) is 218 Å². The predicted molar refractivity (Wildman–Crippen MR) is 128 cm³/mol. The lowest BCUT2D eigenvalue weighted by Gasteiger charge is -2.14. The Morgan fingerprint density at radius 1 is 1.06 bits per heavy atom. The molecule has 12 nitrogen and oxygen atoms in total. The molecule has 12 heteroatoms. The highest BCUT2D eigenvalue weighted by molar-refractivity contribution is 5.96. The Kier molecular flexibility index (Phi) is 8.21. The lowest BCUT2D eigenvalue weighted by atomic mass is 10.0. The molecule has 1 aromatic carbocycles. The van der Waals surface area contributed by atoms with Crippen molar-refractivity contribution in [3.05, 3.63) is 47.2 Å². The molecule has 1 amide bonds. The number of nitrogens with one attached hydrogen (secondary N) is 2. The minimum Gasteiger partial charge on any atom is -0.481 e. The van der Waals surface area contributed by atoms with E-state index >= 15 is 0 Å². The van der Waals surface area contributed by atoms with Gasteiger partial charge in [0.1, 0.15) is 17.5 Å². The first-order valence-electron chi connectivity index (χ1n) is 11.1. The molecule has 2 aromatic heterocycles. The average molecular weight is 485 g/mol. The van der Waals surface area contributed by atoms with Gasteiger partial charge in [-0.2, -0.15) is 9.97 Å². The SMILES string of the molecule is Nc1nc(N)c2c(CC(O)CCCc3ccc(C(=O)N[C@@H](CCC(=O)O)C(=O)O)cc3)c[nH]c2n1. The second-order valence-electron chi connectivity index (χ2n) is 8.25. The number of carboxylic acids is 2. The van der Waals surface area contributed by atoms with Crippen molar-refractivity contribution in [2.45, 2.75) is 50.7 Å². The van der Waals surface area contributed by atoms with Gasteiger partial charge in [-0.05, 0) is 48.9 Å². The van der Waals surface area contributed by atoms with Crippen molar-refractivity contribution in [2.75, 3.05) is 11.5 Å². The molecule has 0 aliphatic carbocycles. The summed E-state index contributed by atoms with van der Waals surface area (Å²) in [6.07, 6.45) is 2.85. The summed E-state index contributed by atoms with van der Waals surface area (Å²) in [5.74, 6) is -2.68. The van der Waals surface area contributed by atoms with Crippen molar-refractivity contribution >= 4 is 40.6 Å². The summed E-state index contributed by atoms with van der Waals surface area (Å²) in [7, 11) is 0. The number of aliphatic hydroxyl groups excluding tert-OH is 1. The van der Waals surface area contributed by atoms with Gasteiger partial charge in [0.05, 0.1) is 11.5 Å². The minimum absolute atomic E-state index is 0.0762. The first-order valence-corrected chi connectivity index (χ1v) is 11.1. The number of hydrogen-bond acceptors (Lipinski definition) is 8. The maximum Gasteiger partial charge on any atom is 0.326 e. The van der Waals surface area contributed by atoms with Gasteiger partial charge in [0, 0.05) is 24.6 Å². The summed E-state index contributed by atoms with van der Waals surface area (Å²) in [5.41, 5.74) is 14.1. The third-order valence-electron chi connectivity index (χ3n) is 5.58. The van der Waals surface area contributed by atoms with Crippen molar-refractivity contribution in [2.24, 2.45) is 0 Å². The number of fused-ring (bicyclic) bond motifs is 1. The van der Waals surface area contributed by atoms with Crippen LogP contribution in [0, 0.1) is 0 Å². The number of hydrogen-bond donors (Lipinski definition) is 7. The number of aliphatic carboxylic acids is 2. The van der Waals surface area contributed by atoms with Crippen LogP contribution in [0.5, 0.6) is 0 Å². The van der Waals surface area contributed by atoms with Gasteiger partial charge in [-0.3, -0.25) is 9.59 Å². The molecule has 0 fully saturated rings. The minimum atomic E-state index is -1.29. The van der Waals surface area contributed by atoms with Crippen LogP contribution < -0.4 is 16.8 Å². The summed E-state index contributed by atoms with van der Waals surface area (Å²) in [6.45, 7) is 0. The van der Waals surface area contributed by atoms with E-state index in [0.717, 1.165) is 11.1 Å². The highest BCUT2D eigenvalue weighted by Crippen LogP contribution is 2.24. The number of nitrogens with two attached hydrogens (primary N) is 2. The van der Waals surface area contributed by atoms with E-state index in [-0.39, 0.29) is 30.2 Å². The number of benzene rings is 1. The summed E-state index contributed by atoms with van der Waals surface area (Å²) >= 11 is 0. The van der Waals surface area contributed by atoms with Crippen molar-refractivity contribution in [3.8, 4) is 0 Å². The van der Waals surface area contributed by atoms with Crippen LogP contribution >= 0.6 is 0 Å². The number of nitrogens with zero attached hydrogens (tertiary/aromatic N) is 2. The number of aromatic nitrogens is 3. The number of rotatable bonds is 12. The van der Waals surface area contributed by atoms with Crippen LogP contribution in [0.1, 0.15) is 47.2 Å². The third kappa shape index (κ3) is 6.90. The normalized spacial score (nSPS) is 12.8. The molecule has 0 aliphatic rings. The summed E-state index contributed by atoms with van der Waals surface area (Å²) in [4.78, 5) is 45.3.